The first kappa shape index (κ1) is 23.8. The molecule has 0 aliphatic carbocycles. The minimum absolute atomic E-state index is 0.180. The Balaban J connectivity index is 7.24. The number of alkyl halides is 13. The van der Waals surface area contributed by atoms with Crippen LogP contribution in [0.3, 0.4) is 0 Å². The molecule has 0 aliphatic heterocycles. The second-order valence-electron chi connectivity index (χ2n) is 4.11. The highest BCUT2D eigenvalue weighted by molar-refractivity contribution is 7.43. The average Bonchev–Trinajstić information content (AvgIpc) is 2.22. The average molecular weight is 449 g/mol. The zero-order valence-electron chi connectivity index (χ0n) is 10.6. The van der Waals surface area contributed by atoms with E-state index in [9.17, 15) is 57.1 Å². The highest BCUT2D eigenvalue weighted by Crippen LogP contribution is 2.75. The molecule has 0 radical (unpaired) electrons. The van der Waals surface area contributed by atoms with E-state index in [4.69, 9.17) is 0 Å². The Morgan fingerprint density at radius 1 is 0.583 bits per heavy atom. The van der Waals surface area contributed by atoms with Crippen molar-refractivity contribution in [3.63, 3.8) is 0 Å². The molecular weight excluding hydrogens is 446 g/mol. The summed E-state index contributed by atoms with van der Waals surface area (Å²) in [6.45, 7) is -7.09. The molecule has 0 aromatic heterocycles. The molecule has 0 aromatic rings. The van der Waals surface area contributed by atoms with Crippen LogP contribution < -0.4 is 0 Å². The maximum atomic E-state index is 13.6. The molecule has 146 valence electrons. The Kier molecular flexibility index (Phi) is 5.90. The molecule has 0 N–H and O–H groups in total. The van der Waals surface area contributed by atoms with Gasteiger partial charge in [0.25, 0.3) is 5.04 Å². The van der Waals surface area contributed by atoms with Crippen LogP contribution in [0.2, 0.25) is 5.04 Å². The fourth-order valence-electron chi connectivity index (χ4n) is 1.60. The summed E-state index contributed by atoms with van der Waals surface area (Å²) in [6.07, 6.45) is -22.5. The molecular formula is C7H3Cl2F13OSi. The molecule has 0 rings (SSSR count). The minimum Gasteiger partial charge on any atom is -0.395 e. The molecule has 0 fully saturated rings. The van der Waals surface area contributed by atoms with Gasteiger partial charge in [-0.05, 0) is 0 Å². The molecule has 0 aliphatic rings. The van der Waals surface area contributed by atoms with Crippen LogP contribution in [0.4, 0.5) is 57.1 Å². The Morgan fingerprint density at radius 2 is 0.875 bits per heavy atom. The van der Waals surface area contributed by atoms with E-state index in [0.29, 0.717) is 0 Å². The van der Waals surface area contributed by atoms with Crippen molar-refractivity contribution >= 4 is 29.1 Å². The predicted octanol–water partition coefficient (Wildman–Crippen LogP) is 5.75. The van der Waals surface area contributed by atoms with Gasteiger partial charge in [0.2, 0.25) is 0 Å². The molecule has 0 aromatic carbocycles. The van der Waals surface area contributed by atoms with E-state index >= 15 is 0 Å². The standard InChI is InChI=1S/C7H3Cl2F13OSi/c1-23-24(8,9)2(5(14,15)16,6(17,18)19)3(10,11)4(12,13)7(20,21)22/h1H3. The molecule has 0 amide bonds. The summed E-state index contributed by atoms with van der Waals surface area (Å²) in [7, 11) is -0.180. The molecule has 0 spiro atoms. The van der Waals surface area contributed by atoms with Gasteiger partial charge in [0.05, 0.1) is 0 Å². The maximum absolute atomic E-state index is 13.6. The monoisotopic (exact) mass is 448 g/mol. The van der Waals surface area contributed by atoms with Gasteiger partial charge in [-0.3, -0.25) is 0 Å². The van der Waals surface area contributed by atoms with E-state index < -0.39 is 42.3 Å². The third kappa shape index (κ3) is 2.94. The van der Waals surface area contributed by atoms with Crippen LogP contribution >= 0.6 is 22.2 Å². The molecule has 1 nitrogen and oxygen atoms in total. The SMILES string of the molecule is CO[Si](Cl)(Cl)C(C(F)(F)F)(C(F)(F)F)C(F)(F)C(F)(F)C(F)(F)F. The first-order valence-corrected chi connectivity index (χ1v) is 8.88. The van der Waals surface area contributed by atoms with E-state index in [0.717, 1.165) is 0 Å². The predicted molar refractivity (Wildman–Crippen MR) is 55.2 cm³/mol. The lowest BCUT2D eigenvalue weighted by Crippen LogP contribution is -2.73. The first-order chi connectivity index (χ1) is 10.1. The highest BCUT2D eigenvalue weighted by Gasteiger charge is 2.98. The van der Waals surface area contributed by atoms with Crippen molar-refractivity contribution in [2.45, 2.75) is 35.4 Å². The molecule has 17 heteroatoms. The fourth-order valence-corrected chi connectivity index (χ4v) is 5.08. The Bertz CT molecular complexity index is 450. The van der Waals surface area contributed by atoms with E-state index in [1.165, 1.54) is 0 Å². The van der Waals surface area contributed by atoms with Gasteiger partial charge in [-0.15, -0.1) is 22.2 Å². The molecule has 0 saturated heterocycles. The third-order valence-electron chi connectivity index (χ3n) is 2.76. The molecule has 0 heterocycles. The van der Waals surface area contributed by atoms with Gasteiger partial charge in [0.15, 0.2) is 0 Å². The van der Waals surface area contributed by atoms with Gasteiger partial charge in [-0.25, -0.2) is 0 Å². The van der Waals surface area contributed by atoms with Crippen LogP contribution in [0.15, 0.2) is 0 Å². The van der Waals surface area contributed by atoms with Gasteiger partial charge in [-0.2, -0.15) is 57.1 Å². The van der Waals surface area contributed by atoms with E-state index in [1.807, 2.05) is 0 Å². The molecule has 0 saturated carbocycles. The molecule has 0 bridgehead atoms. The summed E-state index contributed by atoms with van der Waals surface area (Å²) in [5.41, 5.74) is 0. The van der Waals surface area contributed by atoms with Crippen LogP contribution in [0.1, 0.15) is 0 Å². The van der Waals surface area contributed by atoms with Crippen LogP contribution in [0.5, 0.6) is 0 Å². The lowest BCUT2D eigenvalue weighted by Gasteiger charge is -2.48. The lowest BCUT2D eigenvalue weighted by molar-refractivity contribution is -0.414. The van der Waals surface area contributed by atoms with Gasteiger partial charge >= 0.3 is 37.3 Å². The topological polar surface area (TPSA) is 9.23 Å². The Hall–Kier alpha value is -0.153. The second-order valence-corrected chi connectivity index (χ2v) is 10.1. The van der Waals surface area contributed by atoms with Crippen LogP contribution in [-0.2, 0) is 4.43 Å². The van der Waals surface area contributed by atoms with Crippen molar-refractivity contribution < 1.29 is 61.5 Å². The summed E-state index contributed by atoms with van der Waals surface area (Å²) >= 11 is 9.03. The van der Waals surface area contributed by atoms with E-state index in [2.05, 4.69) is 26.6 Å². The number of halogens is 15. The van der Waals surface area contributed by atoms with Crippen LogP contribution in [-0.4, -0.2) is 44.4 Å². The second kappa shape index (κ2) is 5.94. The van der Waals surface area contributed by atoms with Crippen molar-refractivity contribution in [2.24, 2.45) is 0 Å². The van der Waals surface area contributed by atoms with Crippen molar-refractivity contribution in [2.75, 3.05) is 7.11 Å². The lowest BCUT2D eigenvalue weighted by atomic mass is 9.92. The maximum Gasteiger partial charge on any atom is 0.459 e. The molecule has 0 unspecified atom stereocenters. The minimum atomic E-state index is -7.89. The third-order valence-corrected chi connectivity index (χ3v) is 7.66. The highest BCUT2D eigenvalue weighted by atomic mass is 35.7. The fraction of sp³-hybridized carbons (Fsp3) is 1.00. The van der Waals surface area contributed by atoms with Gasteiger partial charge in [-0.1, -0.05) is 0 Å². The molecule has 24 heavy (non-hydrogen) atoms. The van der Waals surface area contributed by atoms with E-state index in [-0.39, 0.29) is 7.11 Å². The summed E-state index contributed by atoms with van der Waals surface area (Å²) in [5, 5.41) is -7.20. The van der Waals surface area contributed by atoms with Gasteiger partial charge in [0.1, 0.15) is 0 Å². The van der Waals surface area contributed by atoms with Gasteiger partial charge in [0, 0.05) is 7.11 Å². The Morgan fingerprint density at radius 3 is 1.04 bits per heavy atom. The van der Waals surface area contributed by atoms with Crippen molar-refractivity contribution in [1.82, 2.24) is 0 Å². The van der Waals surface area contributed by atoms with Gasteiger partial charge < -0.3 is 4.43 Å². The Labute approximate surface area is 134 Å². The van der Waals surface area contributed by atoms with Crippen LogP contribution in [0, 0.1) is 0 Å². The smallest absolute Gasteiger partial charge is 0.395 e. The van der Waals surface area contributed by atoms with Crippen LogP contribution in [0.25, 0.3) is 0 Å². The zero-order chi connectivity index (χ0) is 20.2. The number of rotatable bonds is 4. The number of hydrogen-bond donors (Lipinski definition) is 0. The van der Waals surface area contributed by atoms with Crippen molar-refractivity contribution in [3.8, 4) is 0 Å². The summed E-state index contributed by atoms with van der Waals surface area (Å²) in [4.78, 5) is 0. The summed E-state index contributed by atoms with van der Waals surface area (Å²) < 4.78 is 170. The van der Waals surface area contributed by atoms with Crippen molar-refractivity contribution in [1.29, 1.82) is 0 Å². The largest absolute Gasteiger partial charge is 0.459 e. The number of hydrogen-bond acceptors (Lipinski definition) is 1. The van der Waals surface area contributed by atoms with E-state index in [1.54, 1.807) is 0 Å². The quantitative estimate of drug-likeness (QED) is 0.302. The summed E-state index contributed by atoms with van der Waals surface area (Å²) in [5.74, 6) is -15.7. The molecule has 0 atom stereocenters. The summed E-state index contributed by atoms with van der Waals surface area (Å²) in [6, 6.07) is 0. The zero-order valence-corrected chi connectivity index (χ0v) is 13.1. The van der Waals surface area contributed by atoms with Crippen molar-refractivity contribution in [3.05, 3.63) is 0 Å². The first-order valence-electron chi connectivity index (χ1n) is 4.95. The normalized spacial score (nSPS) is 16.5.